The molecule has 0 aromatic heterocycles. The van der Waals surface area contributed by atoms with Crippen molar-refractivity contribution in [3.63, 3.8) is 0 Å². The van der Waals surface area contributed by atoms with E-state index in [1.807, 2.05) is 30.3 Å². The van der Waals surface area contributed by atoms with E-state index in [4.69, 9.17) is 4.74 Å². The molecule has 8 heteroatoms. The smallest absolute Gasteiger partial charge is 0.319 e. The Bertz CT molecular complexity index is 949. The standard InChI is InChI=1S/C21H25N3O4S/c1-28-19-9-11-20(12-10-19)29(26,27)24-17-7-8-18(24)14-16(13-17)23-21(25)22-15-5-3-2-4-6-15/h2-6,9-12,16-18H,7-8,13-14H2,1H3,(H2,22,23,25)/t16?,17-,18+. The summed E-state index contributed by atoms with van der Waals surface area (Å²) in [7, 11) is -2.02. The van der Waals surface area contributed by atoms with Crippen molar-refractivity contribution in [2.45, 2.75) is 48.7 Å². The molecule has 0 spiro atoms. The normalized spacial score (nSPS) is 24.1. The van der Waals surface area contributed by atoms with E-state index >= 15 is 0 Å². The van der Waals surface area contributed by atoms with E-state index in [0.29, 0.717) is 18.6 Å². The molecule has 2 aromatic carbocycles. The Hall–Kier alpha value is -2.58. The Morgan fingerprint density at radius 3 is 2.21 bits per heavy atom. The number of anilines is 1. The van der Waals surface area contributed by atoms with Gasteiger partial charge in [0.1, 0.15) is 5.75 Å². The summed E-state index contributed by atoms with van der Waals surface area (Å²) in [5, 5.41) is 5.83. The van der Waals surface area contributed by atoms with E-state index in [-0.39, 0.29) is 29.1 Å². The van der Waals surface area contributed by atoms with Gasteiger partial charge < -0.3 is 15.4 Å². The highest BCUT2D eigenvalue weighted by Crippen LogP contribution is 2.40. The summed E-state index contributed by atoms with van der Waals surface area (Å²) in [6.45, 7) is 0. The number of piperidine rings is 1. The average molecular weight is 416 g/mol. The number of hydrogen-bond donors (Lipinski definition) is 2. The van der Waals surface area contributed by atoms with Gasteiger partial charge in [0.2, 0.25) is 10.0 Å². The summed E-state index contributed by atoms with van der Waals surface area (Å²) in [6, 6.07) is 15.3. The Morgan fingerprint density at radius 2 is 1.62 bits per heavy atom. The van der Waals surface area contributed by atoms with Crippen LogP contribution in [0.2, 0.25) is 0 Å². The largest absolute Gasteiger partial charge is 0.497 e. The summed E-state index contributed by atoms with van der Waals surface area (Å²) in [5.74, 6) is 0.624. The Morgan fingerprint density at radius 1 is 1.00 bits per heavy atom. The van der Waals surface area contributed by atoms with Crippen LogP contribution in [0, 0.1) is 0 Å². The molecule has 2 fully saturated rings. The maximum Gasteiger partial charge on any atom is 0.319 e. The lowest BCUT2D eigenvalue weighted by Crippen LogP contribution is -2.52. The molecule has 0 saturated carbocycles. The average Bonchev–Trinajstić information content (AvgIpc) is 3.01. The number of benzene rings is 2. The van der Waals surface area contributed by atoms with Gasteiger partial charge in [-0.2, -0.15) is 4.31 Å². The highest BCUT2D eigenvalue weighted by molar-refractivity contribution is 7.89. The lowest BCUT2D eigenvalue weighted by Gasteiger charge is -2.38. The van der Waals surface area contributed by atoms with Gasteiger partial charge >= 0.3 is 6.03 Å². The third kappa shape index (κ3) is 4.09. The van der Waals surface area contributed by atoms with Crippen LogP contribution in [0.1, 0.15) is 25.7 Å². The van der Waals surface area contributed by atoms with Gasteiger partial charge in [-0.25, -0.2) is 13.2 Å². The molecule has 2 aromatic rings. The number of methoxy groups -OCH3 is 1. The molecule has 2 amide bonds. The molecule has 2 saturated heterocycles. The van der Waals surface area contributed by atoms with Crippen LogP contribution in [0.3, 0.4) is 0 Å². The van der Waals surface area contributed by atoms with Gasteiger partial charge in [0, 0.05) is 23.8 Å². The zero-order valence-electron chi connectivity index (χ0n) is 16.2. The molecule has 7 nitrogen and oxygen atoms in total. The van der Waals surface area contributed by atoms with Crippen LogP contribution in [0.25, 0.3) is 0 Å². The molecular weight excluding hydrogens is 390 g/mol. The number of carbonyl (C=O) groups is 1. The van der Waals surface area contributed by atoms with E-state index in [1.54, 1.807) is 35.7 Å². The number of fused-ring (bicyclic) bond motifs is 2. The van der Waals surface area contributed by atoms with Crippen LogP contribution in [0.15, 0.2) is 59.5 Å². The van der Waals surface area contributed by atoms with E-state index in [9.17, 15) is 13.2 Å². The molecule has 3 atom stereocenters. The molecule has 4 rings (SSSR count). The molecular formula is C21H25N3O4S. The van der Waals surface area contributed by atoms with Gasteiger partial charge in [-0.05, 0) is 62.1 Å². The van der Waals surface area contributed by atoms with Crippen LogP contribution in [0.4, 0.5) is 10.5 Å². The maximum absolute atomic E-state index is 13.2. The fourth-order valence-electron chi connectivity index (χ4n) is 4.39. The third-order valence-corrected chi connectivity index (χ3v) is 7.69. The number of ether oxygens (including phenoxy) is 1. The summed E-state index contributed by atoms with van der Waals surface area (Å²) < 4.78 is 33.2. The third-order valence-electron chi connectivity index (χ3n) is 5.67. The van der Waals surface area contributed by atoms with Gasteiger partial charge in [0.25, 0.3) is 0 Å². The number of hydrogen-bond acceptors (Lipinski definition) is 4. The van der Waals surface area contributed by atoms with Gasteiger partial charge in [0.05, 0.1) is 12.0 Å². The second-order valence-electron chi connectivity index (χ2n) is 7.53. The monoisotopic (exact) mass is 415 g/mol. The molecule has 2 aliphatic heterocycles. The summed E-state index contributed by atoms with van der Waals surface area (Å²) >= 11 is 0. The highest BCUT2D eigenvalue weighted by Gasteiger charge is 2.47. The maximum atomic E-state index is 13.2. The summed E-state index contributed by atoms with van der Waals surface area (Å²) in [4.78, 5) is 12.6. The second kappa shape index (κ2) is 8.04. The Labute approximate surface area is 171 Å². The number of sulfonamides is 1. The highest BCUT2D eigenvalue weighted by atomic mass is 32.2. The number of urea groups is 1. The zero-order valence-corrected chi connectivity index (χ0v) is 17.1. The van der Waals surface area contributed by atoms with Crippen molar-refractivity contribution in [1.82, 2.24) is 9.62 Å². The molecule has 154 valence electrons. The minimum atomic E-state index is -3.57. The topological polar surface area (TPSA) is 87.7 Å². The first-order chi connectivity index (χ1) is 14.0. The lowest BCUT2D eigenvalue weighted by atomic mass is 10.00. The van der Waals surface area contributed by atoms with Crippen molar-refractivity contribution < 1.29 is 17.9 Å². The van der Waals surface area contributed by atoms with Crippen molar-refractivity contribution >= 4 is 21.7 Å². The van der Waals surface area contributed by atoms with Crippen LogP contribution in [0.5, 0.6) is 5.75 Å². The number of para-hydroxylation sites is 1. The van der Waals surface area contributed by atoms with Gasteiger partial charge in [-0.3, -0.25) is 0 Å². The minimum absolute atomic E-state index is 0.0430. The Balaban J connectivity index is 1.42. The van der Waals surface area contributed by atoms with Crippen LogP contribution in [-0.4, -0.2) is 44.0 Å². The van der Waals surface area contributed by atoms with Gasteiger partial charge in [-0.1, -0.05) is 18.2 Å². The van der Waals surface area contributed by atoms with E-state index in [2.05, 4.69) is 10.6 Å². The quantitative estimate of drug-likeness (QED) is 0.785. The summed E-state index contributed by atoms with van der Waals surface area (Å²) in [6.07, 6.45) is 2.87. The number of nitrogens with one attached hydrogen (secondary N) is 2. The van der Waals surface area contributed by atoms with Crippen LogP contribution >= 0.6 is 0 Å². The van der Waals surface area contributed by atoms with Gasteiger partial charge in [0.15, 0.2) is 0 Å². The molecule has 29 heavy (non-hydrogen) atoms. The molecule has 1 unspecified atom stereocenters. The molecule has 0 aliphatic carbocycles. The van der Waals surface area contributed by atoms with Crippen LogP contribution in [-0.2, 0) is 10.0 Å². The Kier molecular flexibility index (Phi) is 5.47. The first-order valence-electron chi connectivity index (χ1n) is 9.77. The van der Waals surface area contributed by atoms with Crippen molar-refractivity contribution in [2.75, 3.05) is 12.4 Å². The van der Waals surface area contributed by atoms with Crippen LogP contribution < -0.4 is 15.4 Å². The van der Waals surface area contributed by atoms with E-state index in [1.165, 1.54) is 0 Å². The molecule has 2 heterocycles. The van der Waals surface area contributed by atoms with E-state index < -0.39 is 10.0 Å². The van der Waals surface area contributed by atoms with E-state index in [0.717, 1.165) is 18.5 Å². The predicted molar refractivity (Wildman–Crippen MR) is 110 cm³/mol. The number of rotatable bonds is 5. The number of carbonyl (C=O) groups excluding carboxylic acids is 1. The first kappa shape index (κ1) is 19.7. The van der Waals surface area contributed by atoms with Gasteiger partial charge in [-0.15, -0.1) is 0 Å². The molecule has 2 bridgehead atoms. The lowest BCUT2D eigenvalue weighted by molar-refractivity contribution is 0.203. The molecule has 2 N–H and O–H groups in total. The van der Waals surface area contributed by atoms with Crippen molar-refractivity contribution in [2.24, 2.45) is 0 Å². The van der Waals surface area contributed by atoms with Crippen molar-refractivity contribution in [3.8, 4) is 5.75 Å². The fourth-order valence-corrected chi connectivity index (χ4v) is 6.28. The number of nitrogens with zero attached hydrogens (tertiary/aromatic N) is 1. The minimum Gasteiger partial charge on any atom is -0.497 e. The first-order valence-corrected chi connectivity index (χ1v) is 11.2. The molecule has 0 radical (unpaired) electrons. The van der Waals surface area contributed by atoms with Crippen molar-refractivity contribution in [1.29, 1.82) is 0 Å². The predicted octanol–water partition coefficient (Wildman–Crippen LogP) is 3.20. The number of amides is 2. The van der Waals surface area contributed by atoms with Crippen molar-refractivity contribution in [3.05, 3.63) is 54.6 Å². The fraction of sp³-hybridized carbons (Fsp3) is 0.381. The zero-order chi connectivity index (χ0) is 20.4. The SMILES string of the molecule is COc1ccc(S(=O)(=O)N2[C@@H]3CC[C@H]2CC(NC(=O)Nc2ccccc2)C3)cc1. The summed E-state index contributed by atoms with van der Waals surface area (Å²) in [5.41, 5.74) is 0.729. The second-order valence-corrected chi connectivity index (χ2v) is 9.37. The molecule has 2 aliphatic rings.